The van der Waals surface area contributed by atoms with E-state index >= 15 is 0 Å². The minimum Gasteiger partial charge on any atom is -0.197 e. The molecule has 2 nitrogen and oxygen atoms in total. The molecule has 0 saturated carbocycles. The SMILES string of the molecule is N#CC(C#N)CCCCC=C(c1ccccc1)c1ccccc1. The summed E-state index contributed by atoms with van der Waals surface area (Å²) in [7, 11) is 0. The second-order valence-corrected chi connectivity index (χ2v) is 5.45. The van der Waals surface area contributed by atoms with E-state index in [2.05, 4.69) is 54.6 Å². The lowest BCUT2D eigenvalue weighted by atomic mass is 9.96. The number of nitrogens with zero attached hydrogens (tertiary/aromatic N) is 2. The fourth-order valence-corrected chi connectivity index (χ4v) is 2.53. The van der Waals surface area contributed by atoms with E-state index in [1.807, 2.05) is 24.3 Å². The van der Waals surface area contributed by atoms with Gasteiger partial charge in [-0.15, -0.1) is 0 Å². The summed E-state index contributed by atoms with van der Waals surface area (Å²) in [6.45, 7) is 0. The standard InChI is InChI=1S/C21H20N2/c22-16-18(17-23)10-4-1-9-15-21(19-11-5-2-6-12-19)20-13-7-3-8-14-20/h2-3,5-8,11-15,18H,1,4,9-10H2. The molecule has 0 aromatic heterocycles. The van der Waals surface area contributed by atoms with Gasteiger partial charge in [-0.2, -0.15) is 10.5 Å². The molecular formula is C21H20N2. The Balaban J connectivity index is 2.04. The molecule has 0 unspecified atom stereocenters. The highest BCUT2D eigenvalue weighted by Gasteiger charge is 2.05. The van der Waals surface area contributed by atoms with Crippen LogP contribution in [0.5, 0.6) is 0 Å². The second-order valence-electron chi connectivity index (χ2n) is 5.45. The van der Waals surface area contributed by atoms with Crippen molar-refractivity contribution in [3.8, 4) is 12.1 Å². The molecule has 0 saturated heterocycles. The topological polar surface area (TPSA) is 47.6 Å². The number of hydrogen-bond donors (Lipinski definition) is 0. The Bertz CT molecular complexity index is 648. The number of unbranched alkanes of at least 4 members (excludes halogenated alkanes) is 2. The molecule has 0 atom stereocenters. The van der Waals surface area contributed by atoms with Gasteiger partial charge in [0, 0.05) is 0 Å². The van der Waals surface area contributed by atoms with E-state index in [-0.39, 0.29) is 0 Å². The van der Waals surface area contributed by atoms with Gasteiger partial charge in [-0.3, -0.25) is 0 Å². The summed E-state index contributed by atoms with van der Waals surface area (Å²) in [4.78, 5) is 0. The molecule has 114 valence electrons. The second kappa shape index (κ2) is 9.23. The highest BCUT2D eigenvalue weighted by molar-refractivity contribution is 5.79. The van der Waals surface area contributed by atoms with E-state index in [1.54, 1.807) is 0 Å². The van der Waals surface area contributed by atoms with E-state index in [0.29, 0.717) is 6.42 Å². The molecule has 2 rings (SSSR count). The average Bonchev–Trinajstić information content (AvgIpc) is 2.63. The maximum Gasteiger partial charge on any atom is 0.133 e. The molecule has 0 aliphatic heterocycles. The number of nitriles is 2. The average molecular weight is 300 g/mol. The van der Waals surface area contributed by atoms with E-state index in [1.165, 1.54) is 16.7 Å². The van der Waals surface area contributed by atoms with Crippen molar-refractivity contribution in [2.24, 2.45) is 5.92 Å². The lowest BCUT2D eigenvalue weighted by Gasteiger charge is -2.09. The molecule has 0 spiro atoms. The zero-order chi connectivity index (χ0) is 16.3. The summed E-state index contributed by atoms with van der Waals surface area (Å²) in [5, 5.41) is 17.6. The molecular weight excluding hydrogens is 280 g/mol. The van der Waals surface area contributed by atoms with Gasteiger partial charge in [0.15, 0.2) is 0 Å². The van der Waals surface area contributed by atoms with Gasteiger partial charge in [-0.05, 0) is 36.0 Å². The zero-order valence-corrected chi connectivity index (χ0v) is 13.2. The van der Waals surface area contributed by atoms with Gasteiger partial charge in [0.2, 0.25) is 0 Å². The molecule has 2 aromatic carbocycles. The lowest BCUT2D eigenvalue weighted by molar-refractivity contribution is 0.638. The van der Waals surface area contributed by atoms with Crippen LogP contribution in [0.4, 0.5) is 0 Å². The Labute approximate surface area is 138 Å². The van der Waals surface area contributed by atoms with Crippen molar-refractivity contribution >= 4 is 5.57 Å². The minimum atomic E-state index is -0.471. The molecule has 2 heteroatoms. The van der Waals surface area contributed by atoms with Crippen LogP contribution in [0.2, 0.25) is 0 Å². The predicted octanol–water partition coefficient (Wildman–Crippen LogP) is 5.34. The van der Waals surface area contributed by atoms with Gasteiger partial charge in [0.05, 0.1) is 12.1 Å². The fraction of sp³-hybridized carbons (Fsp3) is 0.238. The van der Waals surface area contributed by atoms with Crippen LogP contribution in [0.15, 0.2) is 66.7 Å². The highest BCUT2D eigenvalue weighted by Crippen LogP contribution is 2.24. The summed E-state index contributed by atoms with van der Waals surface area (Å²) >= 11 is 0. The van der Waals surface area contributed by atoms with Crippen LogP contribution in [-0.2, 0) is 0 Å². The van der Waals surface area contributed by atoms with Crippen LogP contribution in [0.1, 0.15) is 36.8 Å². The predicted molar refractivity (Wildman–Crippen MR) is 93.1 cm³/mol. The Morgan fingerprint density at radius 1 is 0.826 bits per heavy atom. The van der Waals surface area contributed by atoms with Gasteiger partial charge < -0.3 is 0 Å². The first-order chi connectivity index (χ1) is 11.3. The molecule has 0 fully saturated rings. The van der Waals surface area contributed by atoms with Gasteiger partial charge in [-0.1, -0.05) is 73.2 Å². The highest BCUT2D eigenvalue weighted by atomic mass is 14.3. The molecule has 0 bridgehead atoms. The van der Waals surface area contributed by atoms with E-state index in [9.17, 15) is 0 Å². The third-order valence-corrected chi connectivity index (χ3v) is 3.78. The fourth-order valence-electron chi connectivity index (χ4n) is 2.53. The van der Waals surface area contributed by atoms with E-state index < -0.39 is 5.92 Å². The first-order valence-corrected chi connectivity index (χ1v) is 7.95. The largest absolute Gasteiger partial charge is 0.197 e. The van der Waals surface area contributed by atoms with Crippen LogP contribution in [-0.4, -0.2) is 0 Å². The third kappa shape index (κ3) is 5.13. The van der Waals surface area contributed by atoms with Crippen LogP contribution >= 0.6 is 0 Å². The molecule has 2 aromatic rings. The maximum absolute atomic E-state index is 8.78. The molecule has 23 heavy (non-hydrogen) atoms. The number of benzene rings is 2. The van der Waals surface area contributed by atoms with Crippen LogP contribution in [0.25, 0.3) is 5.57 Å². The summed E-state index contributed by atoms with van der Waals surface area (Å²) in [6, 6.07) is 24.8. The van der Waals surface area contributed by atoms with Crippen molar-refractivity contribution in [1.29, 1.82) is 10.5 Å². The zero-order valence-electron chi connectivity index (χ0n) is 13.2. The van der Waals surface area contributed by atoms with Gasteiger partial charge >= 0.3 is 0 Å². The molecule has 0 radical (unpaired) electrons. The summed E-state index contributed by atoms with van der Waals surface area (Å²) in [6.07, 6.45) is 5.76. The molecule has 0 aliphatic rings. The van der Waals surface area contributed by atoms with Crippen molar-refractivity contribution < 1.29 is 0 Å². The Hall–Kier alpha value is -2.84. The van der Waals surface area contributed by atoms with Gasteiger partial charge in [-0.25, -0.2) is 0 Å². The molecule has 0 aliphatic carbocycles. The van der Waals surface area contributed by atoms with Crippen LogP contribution in [0, 0.1) is 28.6 Å². The van der Waals surface area contributed by atoms with Crippen molar-refractivity contribution in [3.05, 3.63) is 77.9 Å². The van der Waals surface area contributed by atoms with E-state index in [0.717, 1.165) is 19.3 Å². The van der Waals surface area contributed by atoms with Crippen molar-refractivity contribution in [2.75, 3.05) is 0 Å². The van der Waals surface area contributed by atoms with Crippen molar-refractivity contribution in [1.82, 2.24) is 0 Å². The number of hydrogen-bond acceptors (Lipinski definition) is 2. The van der Waals surface area contributed by atoms with Gasteiger partial charge in [0.1, 0.15) is 5.92 Å². The summed E-state index contributed by atoms with van der Waals surface area (Å²) in [5.41, 5.74) is 3.67. The summed E-state index contributed by atoms with van der Waals surface area (Å²) < 4.78 is 0. The first-order valence-electron chi connectivity index (χ1n) is 7.95. The third-order valence-electron chi connectivity index (χ3n) is 3.78. The van der Waals surface area contributed by atoms with Crippen LogP contribution in [0.3, 0.4) is 0 Å². The lowest BCUT2D eigenvalue weighted by Crippen LogP contribution is -1.92. The Kier molecular flexibility index (Phi) is 6.64. The summed E-state index contributed by atoms with van der Waals surface area (Å²) in [5.74, 6) is -0.471. The minimum absolute atomic E-state index is 0.471. The molecule has 0 heterocycles. The number of rotatable bonds is 7. The van der Waals surface area contributed by atoms with Crippen molar-refractivity contribution in [2.45, 2.75) is 25.7 Å². The smallest absolute Gasteiger partial charge is 0.133 e. The molecule has 0 N–H and O–H groups in total. The normalized spacial score (nSPS) is 9.87. The van der Waals surface area contributed by atoms with Gasteiger partial charge in [0.25, 0.3) is 0 Å². The van der Waals surface area contributed by atoms with E-state index in [4.69, 9.17) is 10.5 Å². The van der Waals surface area contributed by atoms with Crippen LogP contribution < -0.4 is 0 Å². The Morgan fingerprint density at radius 2 is 1.35 bits per heavy atom. The monoisotopic (exact) mass is 300 g/mol. The maximum atomic E-state index is 8.78. The molecule has 0 amide bonds. The first kappa shape index (κ1) is 16.5. The quantitative estimate of drug-likeness (QED) is 0.648. The van der Waals surface area contributed by atoms with Crippen molar-refractivity contribution in [3.63, 3.8) is 0 Å². The number of allylic oxidation sites excluding steroid dienone is 1. The Morgan fingerprint density at radius 3 is 1.83 bits per heavy atom.